The van der Waals surface area contributed by atoms with E-state index < -0.39 is 11.7 Å². The summed E-state index contributed by atoms with van der Waals surface area (Å²) in [5.41, 5.74) is 1.66. The molecule has 0 fully saturated rings. The van der Waals surface area contributed by atoms with Crippen LogP contribution in [0.25, 0.3) is 11.4 Å². The normalized spacial score (nSPS) is 11.5. The highest BCUT2D eigenvalue weighted by Crippen LogP contribution is 2.19. The summed E-state index contributed by atoms with van der Waals surface area (Å²) in [7, 11) is 1.77. The van der Waals surface area contributed by atoms with E-state index in [9.17, 15) is 4.79 Å². The maximum Gasteiger partial charge on any atom is 0.413 e. The SMILES string of the molecule is Cn1nnnc1-c1ccccc1C=NOCc1cccc(NC(=O)OC(C)(C)C)n1. The lowest BCUT2D eigenvalue weighted by molar-refractivity contribution is 0.0635. The van der Waals surface area contributed by atoms with Gasteiger partial charge in [0.05, 0.1) is 11.9 Å². The number of carbonyl (C=O) groups excluding carboxylic acids is 1. The monoisotopic (exact) mass is 409 g/mol. The molecule has 0 spiro atoms. The molecule has 156 valence electrons. The minimum absolute atomic E-state index is 0.133. The van der Waals surface area contributed by atoms with Crippen LogP contribution in [0, 0.1) is 0 Å². The molecule has 0 aliphatic carbocycles. The number of ether oxygens (including phenoxy) is 1. The van der Waals surface area contributed by atoms with Crippen molar-refractivity contribution >= 4 is 18.1 Å². The average Bonchev–Trinajstić information content (AvgIpc) is 3.10. The van der Waals surface area contributed by atoms with Gasteiger partial charge >= 0.3 is 6.09 Å². The standard InChI is InChI=1S/C20H23N7O3/c1-20(2,3)30-19(28)23-17-11-7-9-15(22-17)13-29-21-12-14-8-5-6-10-16(14)18-24-25-26-27(18)4/h5-12H,13H2,1-4H3,(H,22,23,28). The number of aryl methyl sites for hydroxylation is 1. The van der Waals surface area contributed by atoms with Gasteiger partial charge in [0.15, 0.2) is 12.4 Å². The molecule has 0 bridgehead atoms. The first-order valence-corrected chi connectivity index (χ1v) is 9.25. The van der Waals surface area contributed by atoms with Crippen LogP contribution in [0.3, 0.4) is 0 Å². The number of anilines is 1. The van der Waals surface area contributed by atoms with E-state index in [4.69, 9.17) is 9.57 Å². The molecule has 10 nitrogen and oxygen atoms in total. The quantitative estimate of drug-likeness (QED) is 0.491. The molecule has 0 aliphatic rings. The summed E-state index contributed by atoms with van der Waals surface area (Å²) >= 11 is 0. The first kappa shape index (κ1) is 20.9. The van der Waals surface area contributed by atoms with E-state index in [-0.39, 0.29) is 6.61 Å². The molecule has 10 heteroatoms. The zero-order valence-electron chi connectivity index (χ0n) is 17.2. The second kappa shape index (κ2) is 9.12. The first-order chi connectivity index (χ1) is 14.3. The van der Waals surface area contributed by atoms with Crippen LogP contribution in [0.4, 0.5) is 10.6 Å². The lowest BCUT2D eigenvalue weighted by atomic mass is 10.1. The van der Waals surface area contributed by atoms with Gasteiger partial charge in [-0.2, -0.15) is 0 Å². The van der Waals surface area contributed by atoms with Crippen molar-refractivity contribution in [3.05, 3.63) is 53.7 Å². The van der Waals surface area contributed by atoms with Crippen LogP contribution in [0.5, 0.6) is 0 Å². The Morgan fingerprint density at radius 3 is 2.73 bits per heavy atom. The highest BCUT2D eigenvalue weighted by molar-refractivity contribution is 5.88. The highest BCUT2D eigenvalue weighted by Gasteiger charge is 2.16. The number of amides is 1. The predicted octanol–water partition coefficient (Wildman–Crippen LogP) is 3.17. The van der Waals surface area contributed by atoms with Crippen LogP contribution in [0.2, 0.25) is 0 Å². The predicted molar refractivity (Wildman–Crippen MR) is 111 cm³/mol. The van der Waals surface area contributed by atoms with Crippen molar-refractivity contribution in [2.45, 2.75) is 33.0 Å². The van der Waals surface area contributed by atoms with Gasteiger partial charge in [-0.1, -0.05) is 35.5 Å². The van der Waals surface area contributed by atoms with Gasteiger partial charge in [0, 0.05) is 18.2 Å². The Balaban J connectivity index is 1.61. The summed E-state index contributed by atoms with van der Waals surface area (Å²) in [6, 6.07) is 12.8. The molecule has 30 heavy (non-hydrogen) atoms. The van der Waals surface area contributed by atoms with Crippen LogP contribution in [0.15, 0.2) is 47.6 Å². The highest BCUT2D eigenvalue weighted by atomic mass is 16.6. The van der Waals surface area contributed by atoms with E-state index in [1.165, 1.54) is 0 Å². The Morgan fingerprint density at radius 1 is 1.20 bits per heavy atom. The third kappa shape index (κ3) is 5.84. The smallest absolute Gasteiger partial charge is 0.413 e. The molecule has 0 saturated heterocycles. The van der Waals surface area contributed by atoms with Crippen molar-refractivity contribution in [3.8, 4) is 11.4 Å². The number of aromatic nitrogens is 5. The summed E-state index contributed by atoms with van der Waals surface area (Å²) in [6.45, 7) is 5.51. The third-order valence-corrected chi connectivity index (χ3v) is 3.74. The molecule has 3 rings (SSSR count). The Morgan fingerprint density at radius 2 is 2.00 bits per heavy atom. The zero-order valence-corrected chi connectivity index (χ0v) is 17.2. The van der Waals surface area contributed by atoms with E-state index in [0.717, 1.165) is 11.1 Å². The number of tetrazole rings is 1. The van der Waals surface area contributed by atoms with Crippen molar-refractivity contribution in [2.24, 2.45) is 12.2 Å². The number of nitrogens with zero attached hydrogens (tertiary/aromatic N) is 6. The molecule has 0 radical (unpaired) electrons. The van der Waals surface area contributed by atoms with E-state index in [1.54, 1.807) is 56.9 Å². The number of pyridine rings is 1. The lowest BCUT2D eigenvalue weighted by Gasteiger charge is -2.19. The average molecular weight is 409 g/mol. The largest absolute Gasteiger partial charge is 0.444 e. The van der Waals surface area contributed by atoms with Crippen LogP contribution in [-0.4, -0.2) is 43.1 Å². The minimum Gasteiger partial charge on any atom is -0.444 e. The van der Waals surface area contributed by atoms with Crippen molar-refractivity contribution in [3.63, 3.8) is 0 Å². The topological polar surface area (TPSA) is 116 Å². The van der Waals surface area contributed by atoms with Crippen molar-refractivity contribution in [1.82, 2.24) is 25.2 Å². The third-order valence-electron chi connectivity index (χ3n) is 3.74. The van der Waals surface area contributed by atoms with Crippen LogP contribution in [-0.2, 0) is 23.2 Å². The number of nitrogens with one attached hydrogen (secondary N) is 1. The van der Waals surface area contributed by atoms with E-state index in [0.29, 0.717) is 17.3 Å². The van der Waals surface area contributed by atoms with E-state index in [1.807, 2.05) is 24.3 Å². The Kier molecular flexibility index (Phi) is 6.35. The fourth-order valence-electron chi connectivity index (χ4n) is 2.51. The molecule has 2 heterocycles. The lowest BCUT2D eigenvalue weighted by Crippen LogP contribution is -2.27. The minimum atomic E-state index is -0.586. The van der Waals surface area contributed by atoms with Crippen LogP contribution >= 0.6 is 0 Å². The first-order valence-electron chi connectivity index (χ1n) is 9.25. The Labute approximate surface area is 173 Å². The molecule has 1 aromatic carbocycles. The molecule has 1 amide bonds. The Hall–Kier alpha value is -3.82. The van der Waals surface area contributed by atoms with Gasteiger partial charge in [-0.25, -0.2) is 14.5 Å². The van der Waals surface area contributed by atoms with Gasteiger partial charge < -0.3 is 9.57 Å². The number of hydrogen-bond acceptors (Lipinski definition) is 8. The van der Waals surface area contributed by atoms with E-state index in [2.05, 4.69) is 31.0 Å². The maximum absolute atomic E-state index is 11.9. The molecule has 2 aromatic heterocycles. The fourth-order valence-corrected chi connectivity index (χ4v) is 2.51. The number of hydrogen-bond donors (Lipinski definition) is 1. The number of rotatable bonds is 6. The number of benzene rings is 1. The molecule has 0 unspecified atom stereocenters. The van der Waals surface area contributed by atoms with Crippen LogP contribution in [0.1, 0.15) is 32.0 Å². The molecule has 1 N–H and O–H groups in total. The second-order valence-corrected chi connectivity index (χ2v) is 7.36. The number of carbonyl (C=O) groups is 1. The summed E-state index contributed by atoms with van der Waals surface area (Å²) in [5, 5.41) is 18.2. The summed E-state index contributed by atoms with van der Waals surface area (Å²) in [5.74, 6) is 0.995. The van der Waals surface area contributed by atoms with Crippen molar-refractivity contribution < 1.29 is 14.4 Å². The molecular weight excluding hydrogens is 386 g/mol. The summed E-state index contributed by atoms with van der Waals surface area (Å²) < 4.78 is 6.80. The van der Waals surface area contributed by atoms with Gasteiger partial charge in [-0.15, -0.1) is 5.10 Å². The maximum atomic E-state index is 11.9. The number of oxime groups is 1. The van der Waals surface area contributed by atoms with Gasteiger partial charge in [-0.05, 0) is 43.3 Å². The van der Waals surface area contributed by atoms with Crippen molar-refractivity contribution in [2.75, 3.05) is 5.32 Å². The van der Waals surface area contributed by atoms with Gasteiger partial charge in [0.2, 0.25) is 0 Å². The summed E-state index contributed by atoms with van der Waals surface area (Å²) in [6.07, 6.45) is 1.02. The van der Waals surface area contributed by atoms with Gasteiger partial charge in [0.1, 0.15) is 11.4 Å². The molecule has 0 aliphatic heterocycles. The molecule has 0 saturated carbocycles. The summed E-state index contributed by atoms with van der Waals surface area (Å²) in [4.78, 5) is 21.6. The fraction of sp³-hybridized carbons (Fsp3) is 0.300. The zero-order chi connectivity index (χ0) is 21.6. The molecule has 3 aromatic rings. The van der Waals surface area contributed by atoms with Gasteiger partial charge in [0.25, 0.3) is 0 Å². The second-order valence-electron chi connectivity index (χ2n) is 7.36. The Bertz CT molecular complexity index is 1040. The molecular formula is C20H23N7O3. The van der Waals surface area contributed by atoms with Crippen molar-refractivity contribution in [1.29, 1.82) is 0 Å². The van der Waals surface area contributed by atoms with Gasteiger partial charge in [-0.3, -0.25) is 5.32 Å². The van der Waals surface area contributed by atoms with E-state index >= 15 is 0 Å². The van der Waals surface area contributed by atoms with Crippen LogP contribution < -0.4 is 5.32 Å². The molecule has 0 atom stereocenters.